The first-order valence-electron chi connectivity index (χ1n) is 7.59. The standard InChI is InChI=1S/C17H26F3NS/c1-12(21-5)7-6-8-13-9-14(16(2,3)4)11-15(10-13)22-17(18,19)20/h9-12,21H,6-8H2,1-5H3/t12-/m0/s1. The quantitative estimate of drug-likeness (QED) is 0.687. The molecule has 0 aromatic heterocycles. The van der Waals surface area contributed by atoms with Gasteiger partial charge in [0, 0.05) is 10.9 Å². The van der Waals surface area contributed by atoms with Crippen molar-refractivity contribution in [3.05, 3.63) is 29.3 Å². The summed E-state index contributed by atoms with van der Waals surface area (Å²) >= 11 is -0.0229. The van der Waals surface area contributed by atoms with Crippen LogP contribution in [0.2, 0.25) is 0 Å². The molecule has 0 spiro atoms. The fourth-order valence-electron chi connectivity index (χ4n) is 2.19. The number of rotatable bonds is 6. The zero-order valence-electron chi connectivity index (χ0n) is 14.0. The third-order valence-electron chi connectivity index (χ3n) is 3.66. The fraction of sp³-hybridized carbons (Fsp3) is 0.647. The molecule has 22 heavy (non-hydrogen) atoms. The molecule has 0 amide bonds. The summed E-state index contributed by atoms with van der Waals surface area (Å²) in [5.74, 6) is 0. The summed E-state index contributed by atoms with van der Waals surface area (Å²) in [4.78, 5) is 0.289. The molecule has 1 atom stereocenters. The van der Waals surface area contributed by atoms with E-state index < -0.39 is 5.51 Å². The minimum Gasteiger partial charge on any atom is -0.317 e. The van der Waals surface area contributed by atoms with E-state index in [2.05, 4.69) is 12.2 Å². The summed E-state index contributed by atoms with van der Waals surface area (Å²) in [5, 5.41) is 3.18. The Bertz CT molecular complexity index is 478. The van der Waals surface area contributed by atoms with Crippen molar-refractivity contribution in [1.82, 2.24) is 5.32 Å². The molecule has 0 saturated carbocycles. The van der Waals surface area contributed by atoms with Crippen LogP contribution in [0.15, 0.2) is 23.1 Å². The number of nitrogens with one attached hydrogen (secondary N) is 1. The Kier molecular flexibility index (Phi) is 6.81. The molecular formula is C17H26F3NS. The van der Waals surface area contributed by atoms with Crippen molar-refractivity contribution < 1.29 is 13.2 Å². The highest BCUT2D eigenvalue weighted by Gasteiger charge is 2.30. The zero-order valence-corrected chi connectivity index (χ0v) is 14.8. The van der Waals surface area contributed by atoms with Gasteiger partial charge < -0.3 is 5.32 Å². The topological polar surface area (TPSA) is 12.0 Å². The van der Waals surface area contributed by atoms with Crippen LogP contribution in [0.5, 0.6) is 0 Å². The Hall–Kier alpha value is -0.680. The summed E-state index contributed by atoms with van der Waals surface area (Å²) < 4.78 is 38.0. The highest BCUT2D eigenvalue weighted by atomic mass is 32.2. The summed E-state index contributed by atoms with van der Waals surface area (Å²) in [6.07, 6.45) is 2.78. The van der Waals surface area contributed by atoms with Gasteiger partial charge in [-0.2, -0.15) is 13.2 Å². The minimum absolute atomic E-state index is 0.0229. The minimum atomic E-state index is -4.24. The number of hydrogen-bond donors (Lipinski definition) is 1. The molecule has 0 aliphatic heterocycles. The molecule has 0 bridgehead atoms. The van der Waals surface area contributed by atoms with E-state index in [-0.39, 0.29) is 22.1 Å². The lowest BCUT2D eigenvalue weighted by molar-refractivity contribution is -0.0328. The molecule has 1 aromatic rings. The molecule has 0 unspecified atom stereocenters. The van der Waals surface area contributed by atoms with Crippen molar-refractivity contribution in [3.63, 3.8) is 0 Å². The Morgan fingerprint density at radius 2 is 1.77 bits per heavy atom. The van der Waals surface area contributed by atoms with Gasteiger partial charge in [-0.3, -0.25) is 0 Å². The lowest BCUT2D eigenvalue weighted by Gasteiger charge is -2.21. The fourth-order valence-corrected chi connectivity index (χ4v) is 2.85. The SMILES string of the molecule is CN[C@@H](C)CCCc1cc(SC(F)(F)F)cc(C(C)(C)C)c1. The van der Waals surface area contributed by atoms with Crippen LogP contribution in [0.4, 0.5) is 13.2 Å². The van der Waals surface area contributed by atoms with Gasteiger partial charge >= 0.3 is 5.51 Å². The van der Waals surface area contributed by atoms with E-state index in [1.165, 1.54) is 0 Å². The molecule has 0 radical (unpaired) electrons. The van der Waals surface area contributed by atoms with Gasteiger partial charge in [-0.1, -0.05) is 26.8 Å². The lowest BCUT2D eigenvalue weighted by Crippen LogP contribution is -2.20. The zero-order chi connectivity index (χ0) is 17.0. The summed E-state index contributed by atoms with van der Waals surface area (Å²) in [7, 11) is 1.92. The molecule has 1 nitrogen and oxygen atoms in total. The van der Waals surface area contributed by atoms with E-state index >= 15 is 0 Å². The molecule has 0 saturated heterocycles. The Balaban J connectivity index is 2.93. The molecule has 1 aromatic carbocycles. The van der Waals surface area contributed by atoms with Crippen molar-refractivity contribution in [1.29, 1.82) is 0 Å². The van der Waals surface area contributed by atoms with Crippen LogP contribution in [0.3, 0.4) is 0 Å². The van der Waals surface area contributed by atoms with E-state index in [1.54, 1.807) is 12.1 Å². The Morgan fingerprint density at radius 3 is 2.27 bits per heavy atom. The number of aryl methyl sites for hydroxylation is 1. The number of hydrogen-bond acceptors (Lipinski definition) is 2. The second-order valence-electron chi connectivity index (χ2n) is 6.75. The average Bonchev–Trinajstić information content (AvgIpc) is 2.35. The van der Waals surface area contributed by atoms with E-state index in [9.17, 15) is 13.2 Å². The Labute approximate surface area is 136 Å². The van der Waals surface area contributed by atoms with E-state index in [1.807, 2.05) is 33.9 Å². The number of alkyl halides is 3. The van der Waals surface area contributed by atoms with Gasteiger partial charge in [0.1, 0.15) is 0 Å². The average molecular weight is 333 g/mol. The Morgan fingerprint density at radius 1 is 1.14 bits per heavy atom. The van der Waals surface area contributed by atoms with Crippen molar-refractivity contribution in [2.75, 3.05) is 7.05 Å². The van der Waals surface area contributed by atoms with Crippen LogP contribution in [0, 0.1) is 0 Å². The number of halogens is 3. The predicted molar refractivity (Wildman–Crippen MR) is 88.5 cm³/mol. The van der Waals surface area contributed by atoms with Crippen LogP contribution in [-0.4, -0.2) is 18.6 Å². The van der Waals surface area contributed by atoms with Crippen LogP contribution in [-0.2, 0) is 11.8 Å². The summed E-state index contributed by atoms with van der Waals surface area (Å²) in [6, 6.07) is 5.81. The maximum atomic E-state index is 12.7. The third kappa shape index (κ3) is 7.05. The van der Waals surface area contributed by atoms with Gasteiger partial charge in [0.25, 0.3) is 0 Å². The molecular weight excluding hydrogens is 307 g/mol. The van der Waals surface area contributed by atoms with Gasteiger partial charge in [0.2, 0.25) is 0 Å². The first-order chi connectivity index (χ1) is 10.0. The molecule has 0 heterocycles. The second-order valence-corrected chi connectivity index (χ2v) is 7.88. The van der Waals surface area contributed by atoms with Crippen molar-refractivity contribution in [2.24, 2.45) is 0 Å². The molecule has 0 fully saturated rings. The first-order valence-corrected chi connectivity index (χ1v) is 8.40. The second kappa shape index (κ2) is 7.73. The highest BCUT2D eigenvalue weighted by Crippen LogP contribution is 2.39. The molecule has 1 rings (SSSR count). The normalized spacial score (nSPS) is 14.2. The largest absolute Gasteiger partial charge is 0.446 e. The van der Waals surface area contributed by atoms with Gasteiger partial charge in [-0.05, 0) is 73.7 Å². The van der Waals surface area contributed by atoms with E-state index in [0.717, 1.165) is 30.4 Å². The molecule has 0 aliphatic rings. The summed E-state index contributed by atoms with van der Waals surface area (Å²) in [5.41, 5.74) is -2.45. The van der Waals surface area contributed by atoms with Crippen LogP contribution in [0.25, 0.3) is 0 Å². The lowest BCUT2D eigenvalue weighted by atomic mass is 9.85. The monoisotopic (exact) mass is 333 g/mol. The third-order valence-corrected chi connectivity index (χ3v) is 4.36. The number of benzene rings is 1. The molecule has 1 N–H and O–H groups in total. The van der Waals surface area contributed by atoms with E-state index in [0.29, 0.717) is 6.04 Å². The molecule has 126 valence electrons. The smallest absolute Gasteiger partial charge is 0.317 e. The number of thioether (sulfide) groups is 1. The maximum absolute atomic E-state index is 12.7. The van der Waals surface area contributed by atoms with Crippen LogP contribution < -0.4 is 5.32 Å². The predicted octanol–water partition coefficient (Wildman–Crippen LogP) is 5.53. The van der Waals surface area contributed by atoms with E-state index in [4.69, 9.17) is 0 Å². The van der Waals surface area contributed by atoms with Crippen molar-refractivity contribution in [3.8, 4) is 0 Å². The van der Waals surface area contributed by atoms with Crippen LogP contribution in [0.1, 0.15) is 51.7 Å². The molecule has 0 aliphatic carbocycles. The maximum Gasteiger partial charge on any atom is 0.446 e. The molecule has 5 heteroatoms. The van der Waals surface area contributed by atoms with Gasteiger partial charge in [0.05, 0.1) is 0 Å². The van der Waals surface area contributed by atoms with Crippen molar-refractivity contribution in [2.45, 2.75) is 68.8 Å². The first kappa shape index (κ1) is 19.4. The van der Waals surface area contributed by atoms with Crippen LogP contribution >= 0.6 is 11.8 Å². The van der Waals surface area contributed by atoms with Gasteiger partial charge in [-0.25, -0.2) is 0 Å². The van der Waals surface area contributed by atoms with Gasteiger partial charge in [-0.15, -0.1) is 0 Å². The summed E-state index contributed by atoms with van der Waals surface area (Å²) in [6.45, 7) is 8.18. The van der Waals surface area contributed by atoms with Crippen molar-refractivity contribution >= 4 is 11.8 Å². The van der Waals surface area contributed by atoms with Gasteiger partial charge in [0.15, 0.2) is 0 Å². The highest BCUT2D eigenvalue weighted by molar-refractivity contribution is 8.00.